The lowest BCUT2D eigenvalue weighted by Gasteiger charge is -2.32. The van der Waals surface area contributed by atoms with Crippen LogP contribution in [0.1, 0.15) is 31.9 Å². The molecule has 3 rings (SSSR count). The fourth-order valence-electron chi connectivity index (χ4n) is 3.80. The van der Waals surface area contributed by atoms with Crippen molar-refractivity contribution in [1.82, 2.24) is 10.2 Å². The van der Waals surface area contributed by atoms with Crippen LogP contribution in [-0.4, -0.2) is 43.8 Å². The maximum atomic E-state index is 13.9. The Labute approximate surface area is 234 Å². The number of amides is 2. The van der Waals surface area contributed by atoms with E-state index in [1.807, 2.05) is 20.8 Å². The van der Waals surface area contributed by atoms with Crippen LogP contribution in [-0.2, 0) is 26.2 Å². The summed E-state index contributed by atoms with van der Waals surface area (Å²) in [5, 5.41) is 3.41. The van der Waals surface area contributed by atoms with Crippen molar-refractivity contribution < 1.29 is 18.0 Å². The molecule has 0 spiro atoms. The van der Waals surface area contributed by atoms with Gasteiger partial charge in [0, 0.05) is 17.6 Å². The first-order chi connectivity index (χ1) is 17.9. The van der Waals surface area contributed by atoms with Crippen LogP contribution in [0, 0.1) is 6.92 Å². The average molecular weight is 577 g/mol. The zero-order valence-electron chi connectivity index (χ0n) is 21.7. The van der Waals surface area contributed by atoms with Gasteiger partial charge in [0.25, 0.3) is 10.0 Å². The van der Waals surface area contributed by atoms with E-state index < -0.39 is 28.5 Å². The van der Waals surface area contributed by atoms with Gasteiger partial charge in [-0.1, -0.05) is 71.2 Å². The Kier molecular flexibility index (Phi) is 9.82. The van der Waals surface area contributed by atoms with E-state index in [1.165, 1.54) is 23.1 Å². The first kappa shape index (κ1) is 29.5. The predicted octanol–water partition coefficient (Wildman–Crippen LogP) is 5.44. The number of halogens is 2. The Morgan fingerprint density at radius 1 is 0.868 bits per heavy atom. The number of nitrogens with one attached hydrogen (secondary N) is 1. The normalized spacial score (nSPS) is 12.2. The van der Waals surface area contributed by atoms with E-state index in [-0.39, 0.29) is 34.1 Å². The van der Waals surface area contributed by atoms with Crippen LogP contribution in [0.5, 0.6) is 0 Å². The van der Waals surface area contributed by atoms with Crippen molar-refractivity contribution in [3.05, 3.63) is 94.0 Å². The minimum atomic E-state index is -4.19. The van der Waals surface area contributed by atoms with Crippen molar-refractivity contribution in [2.24, 2.45) is 0 Å². The van der Waals surface area contributed by atoms with Gasteiger partial charge < -0.3 is 10.2 Å². The van der Waals surface area contributed by atoms with Crippen LogP contribution in [0.2, 0.25) is 10.0 Å². The summed E-state index contributed by atoms with van der Waals surface area (Å²) in [5.74, 6) is -0.960. The molecule has 7 nitrogen and oxygen atoms in total. The molecule has 0 bridgehead atoms. The molecule has 10 heteroatoms. The maximum Gasteiger partial charge on any atom is 0.264 e. The molecular formula is C28H31Cl2N3O4S. The smallest absolute Gasteiger partial charge is 0.264 e. The number of benzene rings is 3. The molecule has 0 saturated heterocycles. The lowest BCUT2D eigenvalue weighted by Crippen LogP contribution is -2.52. The molecule has 0 fully saturated rings. The molecule has 38 heavy (non-hydrogen) atoms. The summed E-state index contributed by atoms with van der Waals surface area (Å²) >= 11 is 12.8. The highest BCUT2D eigenvalue weighted by atomic mass is 35.5. The van der Waals surface area contributed by atoms with Gasteiger partial charge in [0.2, 0.25) is 11.8 Å². The number of carbonyl (C=O) groups is 2. The van der Waals surface area contributed by atoms with Gasteiger partial charge in [0.05, 0.1) is 15.6 Å². The molecule has 1 unspecified atom stereocenters. The monoisotopic (exact) mass is 575 g/mol. The summed E-state index contributed by atoms with van der Waals surface area (Å²) in [5.41, 5.74) is 1.66. The molecule has 3 aromatic carbocycles. The quantitative estimate of drug-likeness (QED) is 0.348. The molecule has 0 aromatic heterocycles. The molecule has 1 N–H and O–H groups in total. The molecule has 1 atom stereocenters. The van der Waals surface area contributed by atoms with Crippen LogP contribution < -0.4 is 9.62 Å². The van der Waals surface area contributed by atoms with Crippen molar-refractivity contribution >= 4 is 50.7 Å². The first-order valence-electron chi connectivity index (χ1n) is 12.1. The van der Waals surface area contributed by atoms with Crippen molar-refractivity contribution in [1.29, 1.82) is 0 Å². The average Bonchev–Trinajstić information content (AvgIpc) is 2.86. The lowest BCUT2D eigenvalue weighted by molar-refractivity contribution is -0.139. The van der Waals surface area contributed by atoms with Gasteiger partial charge in [0.15, 0.2) is 0 Å². The third-order valence-corrected chi connectivity index (χ3v) is 8.37. The Hall–Kier alpha value is -3.07. The van der Waals surface area contributed by atoms with Gasteiger partial charge in [-0.15, -0.1) is 0 Å². The van der Waals surface area contributed by atoms with Crippen LogP contribution >= 0.6 is 23.2 Å². The number of carbonyl (C=O) groups excluding carboxylic acids is 2. The summed E-state index contributed by atoms with van der Waals surface area (Å²) in [6.45, 7) is 6.51. The number of hydrogen-bond donors (Lipinski definition) is 1. The molecule has 0 aliphatic heterocycles. The van der Waals surface area contributed by atoms with Gasteiger partial charge >= 0.3 is 0 Å². The number of rotatable bonds is 10. The summed E-state index contributed by atoms with van der Waals surface area (Å²) in [6, 6.07) is 18.7. The molecule has 202 valence electrons. The van der Waals surface area contributed by atoms with E-state index in [4.69, 9.17) is 23.2 Å². The molecule has 0 radical (unpaired) electrons. The number of aryl methyl sites for hydroxylation is 1. The second-order valence-electron chi connectivity index (χ2n) is 9.23. The van der Waals surface area contributed by atoms with Crippen LogP contribution in [0.3, 0.4) is 0 Å². The van der Waals surface area contributed by atoms with Gasteiger partial charge in [0.1, 0.15) is 12.6 Å². The SMILES string of the molecule is Cc1ccc(S(=O)(=O)N(CC(=O)N(Cc2ccccc2Cl)C(C)C(=O)NC(C)C)c2ccccc2Cl)cc1. The standard InChI is InChI=1S/C28H31Cl2N3O4S/c1-19(2)31-28(35)21(4)32(17-22-9-5-6-10-24(22)29)27(34)18-33(26-12-8-7-11-25(26)30)38(36,37)23-15-13-20(3)14-16-23/h5-16,19,21H,17-18H2,1-4H3,(H,31,35). The number of para-hydroxylation sites is 1. The van der Waals surface area contributed by atoms with Crippen molar-refractivity contribution in [3.8, 4) is 0 Å². The fraction of sp³-hybridized carbons (Fsp3) is 0.286. The van der Waals surface area contributed by atoms with Crippen LogP contribution in [0.15, 0.2) is 77.7 Å². The van der Waals surface area contributed by atoms with E-state index in [2.05, 4.69) is 5.32 Å². The van der Waals surface area contributed by atoms with Crippen molar-refractivity contribution in [2.75, 3.05) is 10.8 Å². The molecular weight excluding hydrogens is 545 g/mol. The third-order valence-electron chi connectivity index (χ3n) is 5.91. The Morgan fingerprint density at radius 2 is 1.45 bits per heavy atom. The molecule has 0 heterocycles. The maximum absolute atomic E-state index is 13.9. The summed E-state index contributed by atoms with van der Waals surface area (Å²) in [7, 11) is -4.19. The number of sulfonamides is 1. The summed E-state index contributed by atoms with van der Waals surface area (Å²) in [6.07, 6.45) is 0. The van der Waals surface area contributed by atoms with E-state index in [9.17, 15) is 18.0 Å². The second-order valence-corrected chi connectivity index (χ2v) is 11.9. The lowest BCUT2D eigenvalue weighted by atomic mass is 10.1. The topological polar surface area (TPSA) is 86.8 Å². The van der Waals surface area contributed by atoms with Crippen molar-refractivity contribution in [2.45, 2.75) is 51.2 Å². The highest BCUT2D eigenvalue weighted by Crippen LogP contribution is 2.31. The van der Waals surface area contributed by atoms with Gasteiger partial charge in [-0.25, -0.2) is 8.42 Å². The van der Waals surface area contributed by atoms with E-state index >= 15 is 0 Å². The highest BCUT2D eigenvalue weighted by Gasteiger charge is 2.33. The molecule has 0 saturated carbocycles. The van der Waals surface area contributed by atoms with Gasteiger partial charge in [-0.2, -0.15) is 0 Å². The molecule has 0 aliphatic carbocycles. The zero-order valence-corrected chi connectivity index (χ0v) is 24.0. The number of nitrogens with zero attached hydrogens (tertiary/aromatic N) is 2. The fourth-order valence-corrected chi connectivity index (χ4v) is 5.72. The summed E-state index contributed by atoms with van der Waals surface area (Å²) in [4.78, 5) is 28.2. The second kappa shape index (κ2) is 12.7. The van der Waals surface area contributed by atoms with Gasteiger partial charge in [-0.3, -0.25) is 13.9 Å². The van der Waals surface area contributed by atoms with E-state index in [0.717, 1.165) is 9.87 Å². The van der Waals surface area contributed by atoms with E-state index in [1.54, 1.807) is 61.5 Å². The Balaban J connectivity index is 2.06. The third kappa shape index (κ3) is 7.07. The van der Waals surface area contributed by atoms with Crippen LogP contribution in [0.4, 0.5) is 5.69 Å². The largest absolute Gasteiger partial charge is 0.352 e. The zero-order chi connectivity index (χ0) is 28.0. The number of hydrogen-bond acceptors (Lipinski definition) is 4. The molecule has 2 amide bonds. The first-order valence-corrected chi connectivity index (χ1v) is 14.3. The van der Waals surface area contributed by atoms with Crippen molar-refractivity contribution in [3.63, 3.8) is 0 Å². The van der Waals surface area contributed by atoms with Crippen LogP contribution in [0.25, 0.3) is 0 Å². The minimum absolute atomic E-state index is 0.00608. The predicted molar refractivity (Wildman–Crippen MR) is 152 cm³/mol. The highest BCUT2D eigenvalue weighted by molar-refractivity contribution is 7.92. The number of anilines is 1. The molecule has 3 aromatic rings. The van der Waals surface area contributed by atoms with E-state index in [0.29, 0.717) is 10.6 Å². The van der Waals surface area contributed by atoms with Gasteiger partial charge in [-0.05, 0) is 63.6 Å². The Morgan fingerprint density at radius 3 is 2.03 bits per heavy atom. The minimum Gasteiger partial charge on any atom is -0.352 e. The summed E-state index contributed by atoms with van der Waals surface area (Å²) < 4.78 is 28.6. The Bertz CT molecular complexity index is 1400. The molecule has 0 aliphatic rings.